The van der Waals surface area contributed by atoms with E-state index in [1.165, 1.54) is 0 Å². The van der Waals surface area contributed by atoms with Gasteiger partial charge in [0.1, 0.15) is 0 Å². The maximum absolute atomic E-state index is 12.6. The molecular formula is C17H33NO3. The third kappa shape index (κ3) is 6.79. The number of hydrogen-bond donors (Lipinski definition) is 0. The van der Waals surface area contributed by atoms with Crippen LogP contribution in [0.15, 0.2) is 0 Å². The van der Waals surface area contributed by atoms with Gasteiger partial charge in [0.2, 0.25) is 5.91 Å². The van der Waals surface area contributed by atoms with E-state index in [1.54, 1.807) is 7.11 Å². The van der Waals surface area contributed by atoms with Crippen LogP contribution in [0.25, 0.3) is 0 Å². The second-order valence-electron chi connectivity index (χ2n) is 6.11. The van der Waals surface area contributed by atoms with Crippen molar-refractivity contribution in [3.05, 3.63) is 0 Å². The van der Waals surface area contributed by atoms with E-state index in [2.05, 4.69) is 18.7 Å². The number of hydrogen-bond acceptors (Lipinski definition) is 3. The zero-order valence-electron chi connectivity index (χ0n) is 14.1. The molecule has 0 radical (unpaired) electrons. The summed E-state index contributed by atoms with van der Waals surface area (Å²) in [5.41, 5.74) is 0. The highest BCUT2D eigenvalue weighted by Gasteiger charge is 2.27. The molecule has 1 aliphatic heterocycles. The van der Waals surface area contributed by atoms with Gasteiger partial charge in [0.15, 0.2) is 0 Å². The third-order valence-corrected chi connectivity index (χ3v) is 4.34. The third-order valence-electron chi connectivity index (χ3n) is 4.34. The average Bonchev–Trinajstić information content (AvgIpc) is 2.51. The van der Waals surface area contributed by atoms with E-state index < -0.39 is 0 Å². The minimum atomic E-state index is 0.245. The second-order valence-corrected chi connectivity index (χ2v) is 6.11. The van der Waals surface area contributed by atoms with Crippen molar-refractivity contribution in [1.29, 1.82) is 0 Å². The van der Waals surface area contributed by atoms with Crippen molar-refractivity contribution in [3.8, 4) is 0 Å². The van der Waals surface area contributed by atoms with E-state index in [1.807, 2.05) is 0 Å². The number of piperidine rings is 1. The Morgan fingerprint density at radius 3 is 2.29 bits per heavy atom. The zero-order chi connectivity index (χ0) is 15.5. The number of carbonyl (C=O) groups excluding carboxylic acids is 1. The minimum Gasteiger partial charge on any atom is -0.382 e. The first-order chi connectivity index (χ1) is 10.2. The van der Waals surface area contributed by atoms with Gasteiger partial charge in [-0.3, -0.25) is 4.79 Å². The molecular weight excluding hydrogens is 266 g/mol. The van der Waals surface area contributed by atoms with Crippen LogP contribution in [0.1, 0.15) is 52.4 Å². The Balaban J connectivity index is 2.28. The number of amides is 1. The van der Waals surface area contributed by atoms with Crippen molar-refractivity contribution in [3.63, 3.8) is 0 Å². The summed E-state index contributed by atoms with van der Waals surface area (Å²) in [5, 5.41) is 0. The number of ether oxygens (including phenoxy) is 2. The first-order valence-electron chi connectivity index (χ1n) is 8.58. The molecule has 0 unspecified atom stereocenters. The summed E-state index contributed by atoms with van der Waals surface area (Å²) in [4.78, 5) is 14.6. The lowest BCUT2D eigenvalue weighted by Crippen LogP contribution is -2.42. The molecule has 0 aromatic carbocycles. The molecule has 124 valence electrons. The van der Waals surface area contributed by atoms with Gasteiger partial charge >= 0.3 is 0 Å². The fraction of sp³-hybridized carbons (Fsp3) is 0.941. The number of methoxy groups -OCH3 is 1. The van der Waals surface area contributed by atoms with E-state index in [4.69, 9.17) is 9.47 Å². The fourth-order valence-electron chi connectivity index (χ4n) is 3.06. The lowest BCUT2D eigenvalue weighted by molar-refractivity contribution is -0.137. The normalized spacial score (nSPS) is 16.7. The Kier molecular flexibility index (Phi) is 9.68. The first-order valence-corrected chi connectivity index (χ1v) is 8.58. The minimum absolute atomic E-state index is 0.245. The van der Waals surface area contributed by atoms with Gasteiger partial charge in [0.05, 0.1) is 13.2 Å². The summed E-state index contributed by atoms with van der Waals surface area (Å²) in [5.74, 6) is 1.23. The van der Waals surface area contributed by atoms with Crippen LogP contribution in [-0.4, -0.2) is 50.8 Å². The maximum atomic E-state index is 12.6. The van der Waals surface area contributed by atoms with Crippen molar-refractivity contribution in [2.75, 3.05) is 40.0 Å². The quantitative estimate of drug-likeness (QED) is 0.582. The van der Waals surface area contributed by atoms with E-state index in [0.717, 1.165) is 58.2 Å². The first kappa shape index (κ1) is 18.4. The lowest BCUT2D eigenvalue weighted by atomic mass is 9.93. The van der Waals surface area contributed by atoms with Crippen molar-refractivity contribution >= 4 is 5.91 Å². The predicted octanol–water partition coefficient (Wildman–Crippen LogP) is 3.10. The molecule has 1 aliphatic rings. The molecule has 1 fully saturated rings. The fourth-order valence-corrected chi connectivity index (χ4v) is 3.06. The molecule has 0 N–H and O–H groups in total. The van der Waals surface area contributed by atoms with Gasteiger partial charge < -0.3 is 14.4 Å². The number of rotatable bonds is 10. The number of nitrogens with zero attached hydrogens (tertiary/aromatic N) is 1. The number of likely N-dealkylation sites (tertiary alicyclic amines) is 1. The average molecular weight is 299 g/mol. The molecule has 0 bridgehead atoms. The van der Waals surface area contributed by atoms with E-state index in [0.29, 0.717) is 25.0 Å². The van der Waals surface area contributed by atoms with Crippen LogP contribution in [-0.2, 0) is 14.3 Å². The highest BCUT2D eigenvalue weighted by atomic mass is 16.5. The van der Waals surface area contributed by atoms with Gasteiger partial charge in [-0.15, -0.1) is 0 Å². The molecule has 1 saturated heterocycles. The topological polar surface area (TPSA) is 38.8 Å². The van der Waals surface area contributed by atoms with E-state index >= 15 is 0 Å². The molecule has 0 aliphatic carbocycles. The molecule has 1 rings (SSSR count). The van der Waals surface area contributed by atoms with E-state index in [-0.39, 0.29) is 5.92 Å². The van der Waals surface area contributed by atoms with Crippen molar-refractivity contribution < 1.29 is 14.3 Å². The molecule has 1 heterocycles. The molecule has 1 amide bonds. The van der Waals surface area contributed by atoms with Gasteiger partial charge in [-0.2, -0.15) is 0 Å². The molecule has 0 spiro atoms. The maximum Gasteiger partial charge on any atom is 0.225 e. The predicted molar refractivity (Wildman–Crippen MR) is 85.3 cm³/mol. The van der Waals surface area contributed by atoms with Gasteiger partial charge in [0.25, 0.3) is 0 Å². The smallest absolute Gasteiger partial charge is 0.225 e. The molecule has 0 aromatic rings. The lowest BCUT2D eigenvalue weighted by Gasteiger charge is -2.34. The molecule has 0 atom stereocenters. The molecule has 4 heteroatoms. The standard InChI is InChI=1S/C17H33NO3/c1-4-6-16(7-5-2)17(19)18-10-8-15(9-11-18)14-21-13-12-20-3/h15-16H,4-14H2,1-3H3. The van der Waals surface area contributed by atoms with Crippen molar-refractivity contribution in [2.24, 2.45) is 11.8 Å². The zero-order valence-corrected chi connectivity index (χ0v) is 14.1. The van der Waals surface area contributed by atoms with Crippen molar-refractivity contribution in [1.82, 2.24) is 4.90 Å². The monoisotopic (exact) mass is 299 g/mol. The molecule has 0 saturated carbocycles. The van der Waals surface area contributed by atoms with Gasteiger partial charge in [0, 0.05) is 32.7 Å². The van der Waals surface area contributed by atoms with Crippen LogP contribution < -0.4 is 0 Å². The van der Waals surface area contributed by atoms with Crippen molar-refractivity contribution in [2.45, 2.75) is 52.4 Å². The summed E-state index contributed by atoms with van der Waals surface area (Å²) in [6.45, 7) is 8.28. The van der Waals surface area contributed by atoms with Gasteiger partial charge in [-0.1, -0.05) is 26.7 Å². The molecule has 4 nitrogen and oxygen atoms in total. The van der Waals surface area contributed by atoms with Crippen LogP contribution in [0.4, 0.5) is 0 Å². The SMILES string of the molecule is CCCC(CCC)C(=O)N1CCC(COCCOC)CC1. The van der Waals surface area contributed by atoms with Crippen LogP contribution in [0.2, 0.25) is 0 Å². The Hall–Kier alpha value is -0.610. The Bertz CT molecular complexity index is 269. The Morgan fingerprint density at radius 2 is 1.76 bits per heavy atom. The van der Waals surface area contributed by atoms with Gasteiger partial charge in [-0.05, 0) is 31.6 Å². The van der Waals surface area contributed by atoms with Crippen LogP contribution in [0.3, 0.4) is 0 Å². The summed E-state index contributed by atoms with van der Waals surface area (Å²) in [6.07, 6.45) is 6.41. The summed E-state index contributed by atoms with van der Waals surface area (Å²) < 4.78 is 10.6. The summed E-state index contributed by atoms with van der Waals surface area (Å²) >= 11 is 0. The second kappa shape index (κ2) is 11.0. The summed E-state index contributed by atoms with van der Waals surface area (Å²) in [6, 6.07) is 0. The van der Waals surface area contributed by atoms with Gasteiger partial charge in [-0.25, -0.2) is 0 Å². The number of carbonyl (C=O) groups is 1. The summed E-state index contributed by atoms with van der Waals surface area (Å²) in [7, 11) is 1.69. The van der Waals surface area contributed by atoms with Crippen LogP contribution in [0.5, 0.6) is 0 Å². The Morgan fingerprint density at radius 1 is 1.14 bits per heavy atom. The molecule has 0 aromatic heterocycles. The van der Waals surface area contributed by atoms with E-state index in [9.17, 15) is 4.79 Å². The largest absolute Gasteiger partial charge is 0.382 e. The Labute approximate surface area is 130 Å². The molecule has 21 heavy (non-hydrogen) atoms. The highest BCUT2D eigenvalue weighted by molar-refractivity contribution is 5.78. The van der Waals surface area contributed by atoms with Crippen LogP contribution >= 0.6 is 0 Å². The highest BCUT2D eigenvalue weighted by Crippen LogP contribution is 2.22. The van der Waals surface area contributed by atoms with Crippen LogP contribution in [0, 0.1) is 11.8 Å².